The van der Waals surface area contributed by atoms with Crippen LogP contribution in [-0.4, -0.2) is 43.0 Å². The van der Waals surface area contributed by atoms with Gasteiger partial charge < -0.3 is 10.4 Å². The maximum Gasteiger partial charge on any atom is 0.170 e. The van der Waals surface area contributed by atoms with Gasteiger partial charge >= 0.3 is 0 Å². The molecule has 19 heavy (non-hydrogen) atoms. The van der Waals surface area contributed by atoms with E-state index in [4.69, 9.17) is 5.11 Å². The summed E-state index contributed by atoms with van der Waals surface area (Å²) < 4.78 is 1.65. The number of anilines is 1. The van der Waals surface area contributed by atoms with Crippen molar-refractivity contribution in [3.63, 3.8) is 0 Å². The first-order valence-corrected chi connectivity index (χ1v) is 5.85. The minimum atomic E-state index is 0.0415. The van der Waals surface area contributed by atoms with Crippen molar-refractivity contribution < 1.29 is 5.11 Å². The summed E-state index contributed by atoms with van der Waals surface area (Å²) >= 11 is 0. The molecule has 3 heterocycles. The van der Waals surface area contributed by atoms with Crippen LogP contribution in [-0.2, 0) is 0 Å². The molecular formula is C12H12N6O. The Morgan fingerprint density at radius 1 is 1.21 bits per heavy atom. The van der Waals surface area contributed by atoms with Gasteiger partial charge in [0.15, 0.2) is 11.5 Å². The highest BCUT2D eigenvalue weighted by Gasteiger charge is 2.10. The molecule has 0 aromatic carbocycles. The number of aromatic nitrogens is 5. The van der Waals surface area contributed by atoms with Gasteiger partial charge in [-0.3, -0.25) is 0 Å². The van der Waals surface area contributed by atoms with E-state index in [1.54, 1.807) is 17.1 Å². The summed E-state index contributed by atoms with van der Waals surface area (Å²) in [5.41, 5.74) is 0.675. The van der Waals surface area contributed by atoms with Crippen LogP contribution < -0.4 is 5.32 Å². The monoisotopic (exact) mass is 256 g/mol. The number of nitrogens with zero attached hydrogens (tertiary/aromatic N) is 5. The first kappa shape index (κ1) is 11.5. The van der Waals surface area contributed by atoms with Crippen molar-refractivity contribution in [2.45, 2.75) is 0 Å². The normalized spacial score (nSPS) is 10.8. The van der Waals surface area contributed by atoms with E-state index in [0.717, 1.165) is 5.39 Å². The summed E-state index contributed by atoms with van der Waals surface area (Å²) in [6.45, 7) is 0.473. The molecular weight excluding hydrogens is 244 g/mol. The number of fused-ring (bicyclic) bond motifs is 1. The van der Waals surface area contributed by atoms with Gasteiger partial charge in [0.05, 0.1) is 18.2 Å². The molecule has 0 aliphatic rings. The Hall–Kier alpha value is -2.54. The third-order valence-corrected chi connectivity index (χ3v) is 2.64. The summed E-state index contributed by atoms with van der Waals surface area (Å²) in [7, 11) is 0. The van der Waals surface area contributed by atoms with Crippen molar-refractivity contribution in [2.24, 2.45) is 0 Å². The van der Waals surface area contributed by atoms with Crippen molar-refractivity contribution in [2.75, 3.05) is 18.5 Å². The van der Waals surface area contributed by atoms with Gasteiger partial charge in [-0.25, -0.2) is 15.0 Å². The molecule has 7 heteroatoms. The topological polar surface area (TPSA) is 88.8 Å². The van der Waals surface area contributed by atoms with Crippen LogP contribution in [0.5, 0.6) is 0 Å². The molecule has 7 nitrogen and oxygen atoms in total. The van der Waals surface area contributed by atoms with Gasteiger partial charge in [-0.1, -0.05) is 6.07 Å². The fourth-order valence-electron chi connectivity index (χ4n) is 1.81. The second-order valence-corrected chi connectivity index (χ2v) is 3.85. The van der Waals surface area contributed by atoms with Crippen LogP contribution in [0.2, 0.25) is 0 Å². The Morgan fingerprint density at radius 2 is 2.16 bits per heavy atom. The first-order chi connectivity index (χ1) is 9.40. The second kappa shape index (κ2) is 4.99. The molecule has 0 fully saturated rings. The number of aliphatic hydroxyl groups excluding tert-OH is 1. The number of aliphatic hydroxyl groups is 1. The van der Waals surface area contributed by atoms with Crippen LogP contribution in [0.4, 0.5) is 5.82 Å². The molecule has 0 radical (unpaired) electrons. The molecule has 3 aromatic rings. The summed E-state index contributed by atoms with van der Waals surface area (Å²) in [6, 6.07) is 5.59. The average Bonchev–Trinajstić information content (AvgIpc) is 2.90. The van der Waals surface area contributed by atoms with Gasteiger partial charge in [-0.15, -0.1) is 0 Å². The molecule has 96 valence electrons. The van der Waals surface area contributed by atoms with Crippen LogP contribution >= 0.6 is 0 Å². The molecule has 0 bridgehead atoms. The highest BCUT2D eigenvalue weighted by molar-refractivity contribution is 5.86. The lowest BCUT2D eigenvalue weighted by atomic mass is 10.4. The highest BCUT2D eigenvalue weighted by atomic mass is 16.3. The molecule has 3 aromatic heterocycles. The quantitative estimate of drug-likeness (QED) is 0.711. The average molecular weight is 256 g/mol. The number of rotatable bonds is 4. The second-order valence-electron chi connectivity index (χ2n) is 3.85. The van der Waals surface area contributed by atoms with Crippen molar-refractivity contribution in [3.05, 3.63) is 36.9 Å². The molecule has 0 spiro atoms. The first-order valence-electron chi connectivity index (χ1n) is 5.85. The maximum absolute atomic E-state index is 8.85. The van der Waals surface area contributed by atoms with Crippen molar-refractivity contribution in [3.8, 4) is 5.82 Å². The Kier molecular flexibility index (Phi) is 3.03. The fourth-order valence-corrected chi connectivity index (χ4v) is 1.81. The maximum atomic E-state index is 8.85. The van der Waals surface area contributed by atoms with E-state index in [1.807, 2.05) is 18.2 Å². The predicted octanol–water partition coefficient (Wildman–Crippen LogP) is 0.615. The van der Waals surface area contributed by atoms with Crippen molar-refractivity contribution >= 4 is 16.9 Å². The van der Waals surface area contributed by atoms with Gasteiger partial charge in [0, 0.05) is 12.7 Å². The molecule has 0 amide bonds. The lowest BCUT2D eigenvalue weighted by Crippen LogP contribution is -2.07. The fraction of sp³-hybridized carbons (Fsp3) is 0.167. The van der Waals surface area contributed by atoms with Crippen molar-refractivity contribution in [1.82, 2.24) is 24.7 Å². The zero-order valence-corrected chi connectivity index (χ0v) is 10.1. The summed E-state index contributed by atoms with van der Waals surface area (Å²) in [5, 5.41) is 17.0. The van der Waals surface area contributed by atoms with E-state index in [1.165, 1.54) is 6.33 Å². The van der Waals surface area contributed by atoms with Gasteiger partial charge in [0.1, 0.15) is 12.1 Å². The van der Waals surface area contributed by atoms with Gasteiger partial charge in [-0.2, -0.15) is 9.78 Å². The Bertz CT molecular complexity index is 681. The summed E-state index contributed by atoms with van der Waals surface area (Å²) in [6.07, 6.45) is 4.85. The molecule has 2 N–H and O–H groups in total. The lowest BCUT2D eigenvalue weighted by molar-refractivity contribution is 0.311. The number of pyridine rings is 1. The van der Waals surface area contributed by atoms with E-state index in [0.29, 0.717) is 23.8 Å². The Labute approximate surface area is 109 Å². The van der Waals surface area contributed by atoms with Gasteiger partial charge in [0.25, 0.3) is 0 Å². The van der Waals surface area contributed by atoms with E-state index in [2.05, 4.69) is 25.4 Å². The molecule has 0 aliphatic heterocycles. The number of nitrogens with one attached hydrogen (secondary N) is 1. The minimum absolute atomic E-state index is 0.0415. The van der Waals surface area contributed by atoms with Crippen LogP contribution in [0.3, 0.4) is 0 Å². The molecule has 3 rings (SSSR count). The zero-order chi connectivity index (χ0) is 13.1. The molecule has 0 saturated carbocycles. The van der Waals surface area contributed by atoms with E-state index < -0.39 is 0 Å². The van der Waals surface area contributed by atoms with Crippen LogP contribution in [0.15, 0.2) is 36.9 Å². The van der Waals surface area contributed by atoms with E-state index in [-0.39, 0.29) is 6.61 Å². The molecule has 0 aliphatic carbocycles. The number of hydrogen-bond acceptors (Lipinski definition) is 6. The molecule has 0 unspecified atom stereocenters. The Morgan fingerprint density at radius 3 is 2.95 bits per heavy atom. The predicted molar refractivity (Wildman–Crippen MR) is 70.0 cm³/mol. The smallest absolute Gasteiger partial charge is 0.170 e. The van der Waals surface area contributed by atoms with Gasteiger partial charge in [-0.05, 0) is 12.1 Å². The summed E-state index contributed by atoms with van der Waals surface area (Å²) in [4.78, 5) is 12.6. The summed E-state index contributed by atoms with van der Waals surface area (Å²) in [5.74, 6) is 1.35. The lowest BCUT2D eigenvalue weighted by Gasteiger charge is -2.04. The van der Waals surface area contributed by atoms with Crippen molar-refractivity contribution in [1.29, 1.82) is 0 Å². The SMILES string of the molecule is OCCNc1ncnc2c1cnn2-c1ccccn1. The zero-order valence-electron chi connectivity index (χ0n) is 10.1. The standard InChI is InChI=1S/C12H12N6O/c19-6-5-14-11-9-7-17-18(12(9)16-8-15-11)10-3-1-2-4-13-10/h1-4,7-8,19H,5-6H2,(H,14,15,16). The third kappa shape index (κ3) is 2.11. The van der Waals surface area contributed by atoms with Crippen LogP contribution in [0, 0.1) is 0 Å². The minimum Gasteiger partial charge on any atom is -0.395 e. The van der Waals surface area contributed by atoms with E-state index in [9.17, 15) is 0 Å². The van der Waals surface area contributed by atoms with Crippen LogP contribution in [0.1, 0.15) is 0 Å². The highest BCUT2D eigenvalue weighted by Crippen LogP contribution is 2.20. The Balaban J connectivity index is 2.09. The third-order valence-electron chi connectivity index (χ3n) is 2.64. The largest absolute Gasteiger partial charge is 0.395 e. The van der Waals surface area contributed by atoms with E-state index >= 15 is 0 Å². The molecule has 0 atom stereocenters. The molecule has 0 saturated heterocycles. The van der Waals surface area contributed by atoms with Gasteiger partial charge in [0.2, 0.25) is 0 Å². The van der Waals surface area contributed by atoms with Crippen LogP contribution in [0.25, 0.3) is 16.9 Å². The number of hydrogen-bond donors (Lipinski definition) is 2.